The van der Waals surface area contributed by atoms with Crippen LogP contribution in [0.5, 0.6) is 5.75 Å². The van der Waals surface area contributed by atoms with Crippen LogP contribution in [-0.2, 0) is 6.18 Å². The number of nitrogens with zero attached hydrogens (tertiary/aromatic N) is 6. The van der Waals surface area contributed by atoms with Crippen LogP contribution >= 0.6 is 15.9 Å². The van der Waals surface area contributed by atoms with Gasteiger partial charge in [-0.3, -0.25) is 15.0 Å². The van der Waals surface area contributed by atoms with E-state index >= 15 is 0 Å². The van der Waals surface area contributed by atoms with Gasteiger partial charge in [0.15, 0.2) is 0 Å². The van der Waals surface area contributed by atoms with Gasteiger partial charge in [0.1, 0.15) is 23.6 Å². The molecule has 0 amide bonds. The number of hydrogen-bond acceptors (Lipinski definition) is 7. The Morgan fingerprint density at radius 2 is 1.74 bits per heavy atom. The SMILES string of the molecule is CC(c1nccnc1-c1ccc(OC(F)F)cn1)N(C)c1ncnc2c(C(F)(F)F)cc(Br)cc12. The van der Waals surface area contributed by atoms with Crippen molar-refractivity contribution in [2.75, 3.05) is 11.9 Å². The molecule has 1 aromatic carbocycles. The van der Waals surface area contributed by atoms with E-state index in [0.717, 1.165) is 18.6 Å². The molecule has 4 aromatic rings. The summed E-state index contributed by atoms with van der Waals surface area (Å²) in [5, 5.41) is 0.195. The molecule has 1 unspecified atom stereocenters. The van der Waals surface area contributed by atoms with Gasteiger partial charge in [0, 0.05) is 29.3 Å². The number of ether oxygens (including phenoxy) is 1. The molecule has 0 N–H and O–H groups in total. The Labute approximate surface area is 204 Å². The summed E-state index contributed by atoms with van der Waals surface area (Å²) in [6, 6.07) is 4.75. The maximum Gasteiger partial charge on any atom is 0.418 e. The molecule has 3 aromatic heterocycles. The van der Waals surface area contributed by atoms with E-state index in [1.807, 2.05) is 0 Å². The highest BCUT2D eigenvalue weighted by atomic mass is 79.9. The zero-order chi connectivity index (χ0) is 25.3. The van der Waals surface area contributed by atoms with Gasteiger partial charge < -0.3 is 9.64 Å². The minimum absolute atomic E-state index is 0.113. The Morgan fingerprint density at radius 1 is 1.00 bits per heavy atom. The number of halogens is 6. The molecule has 0 radical (unpaired) electrons. The molecule has 1 atom stereocenters. The quantitative estimate of drug-likeness (QED) is 0.268. The highest BCUT2D eigenvalue weighted by Gasteiger charge is 2.34. The monoisotopic (exact) mass is 554 g/mol. The number of rotatable bonds is 6. The first-order valence-electron chi connectivity index (χ1n) is 10.0. The average molecular weight is 555 g/mol. The molecule has 182 valence electrons. The van der Waals surface area contributed by atoms with E-state index in [1.54, 1.807) is 18.9 Å². The van der Waals surface area contributed by atoms with Gasteiger partial charge in [-0.25, -0.2) is 9.97 Å². The molecule has 35 heavy (non-hydrogen) atoms. The molecule has 0 saturated heterocycles. The Hall–Kier alpha value is -3.48. The van der Waals surface area contributed by atoms with E-state index in [1.165, 1.54) is 30.6 Å². The molecular formula is C22H16BrF5N6O. The summed E-state index contributed by atoms with van der Waals surface area (Å²) in [5.74, 6) is 0.136. The van der Waals surface area contributed by atoms with Gasteiger partial charge in [0.2, 0.25) is 0 Å². The first-order valence-corrected chi connectivity index (χ1v) is 10.8. The van der Waals surface area contributed by atoms with Crippen molar-refractivity contribution in [3.05, 3.63) is 64.9 Å². The fraction of sp³-hybridized carbons (Fsp3) is 0.227. The lowest BCUT2D eigenvalue weighted by Gasteiger charge is -2.27. The van der Waals surface area contributed by atoms with E-state index in [4.69, 9.17) is 0 Å². The molecule has 7 nitrogen and oxygen atoms in total. The number of hydrogen-bond donors (Lipinski definition) is 0. The van der Waals surface area contributed by atoms with Crippen molar-refractivity contribution in [3.63, 3.8) is 0 Å². The molecule has 0 bridgehead atoms. The smallest absolute Gasteiger partial charge is 0.418 e. The number of benzene rings is 1. The van der Waals surface area contributed by atoms with Crippen molar-refractivity contribution in [1.82, 2.24) is 24.9 Å². The van der Waals surface area contributed by atoms with Crippen molar-refractivity contribution in [1.29, 1.82) is 0 Å². The van der Waals surface area contributed by atoms with Crippen LogP contribution in [0.25, 0.3) is 22.3 Å². The van der Waals surface area contributed by atoms with Crippen LogP contribution in [0.1, 0.15) is 24.2 Å². The molecule has 0 saturated carbocycles. The van der Waals surface area contributed by atoms with E-state index in [-0.39, 0.29) is 26.9 Å². The van der Waals surface area contributed by atoms with Gasteiger partial charge in [-0.1, -0.05) is 15.9 Å². The molecule has 13 heteroatoms. The normalized spacial score (nSPS) is 12.7. The third-order valence-electron chi connectivity index (χ3n) is 5.23. The zero-order valence-corrected chi connectivity index (χ0v) is 19.7. The predicted octanol–water partition coefficient (Wildman–Crippen LogP) is 6.06. The van der Waals surface area contributed by atoms with E-state index < -0.39 is 24.4 Å². The summed E-state index contributed by atoms with van der Waals surface area (Å²) in [5.41, 5.74) is 0.0425. The second-order valence-corrected chi connectivity index (χ2v) is 8.29. The standard InChI is InChI=1S/C22H16BrF5N6O/c1-11(17-19(30-6-5-29-17)16-4-3-13(9-31-16)35-21(24)25)34(2)20-14-7-12(23)8-15(22(26,27)28)18(14)32-10-33-20/h3-11,21H,1-2H3. The van der Waals surface area contributed by atoms with E-state index in [2.05, 4.69) is 45.6 Å². The lowest BCUT2D eigenvalue weighted by molar-refractivity contribution is -0.136. The molecule has 4 rings (SSSR count). The number of aromatic nitrogens is 5. The number of fused-ring (bicyclic) bond motifs is 1. The molecule has 0 aliphatic rings. The van der Waals surface area contributed by atoms with Crippen LogP contribution in [0.2, 0.25) is 0 Å². The van der Waals surface area contributed by atoms with Crippen molar-refractivity contribution >= 4 is 32.7 Å². The average Bonchev–Trinajstić information content (AvgIpc) is 2.82. The van der Waals surface area contributed by atoms with Crippen molar-refractivity contribution < 1.29 is 26.7 Å². The highest BCUT2D eigenvalue weighted by molar-refractivity contribution is 9.10. The van der Waals surface area contributed by atoms with Crippen LogP contribution in [0.4, 0.5) is 27.8 Å². The Morgan fingerprint density at radius 3 is 2.40 bits per heavy atom. The Bertz CT molecular complexity index is 1350. The molecule has 3 heterocycles. The lowest BCUT2D eigenvalue weighted by atomic mass is 10.1. The zero-order valence-electron chi connectivity index (χ0n) is 18.1. The summed E-state index contributed by atoms with van der Waals surface area (Å²) >= 11 is 3.14. The summed E-state index contributed by atoms with van der Waals surface area (Å²) in [6.07, 6.45) is 0.520. The minimum atomic E-state index is -4.61. The van der Waals surface area contributed by atoms with E-state index in [0.29, 0.717) is 17.1 Å². The van der Waals surface area contributed by atoms with Gasteiger partial charge in [-0.15, -0.1) is 0 Å². The van der Waals surface area contributed by atoms with Crippen molar-refractivity contribution in [3.8, 4) is 17.1 Å². The maximum absolute atomic E-state index is 13.6. The second kappa shape index (κ2) is 9.64. The van der Waals surface area contributed by atoms with E-state index in [9.17, 15) is 22.0 Å². The van der Waals surface area contributed by atoms with Crippen LogP contribution in [0.3, 0.4) is 0 Å². The summed E-state index contributed by atoms with van der Waals surface area (Å²) in [4.78, 5) is 22.6. The van der Waals surface area contributed by atoms with Gasteiger partial charge in [-0.05, 0) is 31.2 Å². The van der Waals surface area contributed by atoms with Crippen LogP contribution in [0, 0.1) is 0 Å². The van der Waals surface area contributed by atoms with Gasteiger partial charge in [-0.2, -0.15) is 22.0 Å². The second-order valence-electron chi connectivity index (χ2n) is 7.38. The molecule has 0 aliphatic heterocycles. The first-order chi connectivity index (χ1) is 16.6. The fourth-order valence-corrected chi connectivity index (χ4v) is 3.99. The van der Waals surface area contributed by atoms with Gasteiger partial charge in [0.25, 0.3) is 0 Å². The van der Waals surface area contributed by atoms with Crippen LogP contribution in [-0.4, -0.2) is 38.6 Å². The highest BCUT2D eigenvalue weighted by Crippen LogP contribution is 2.39. The van der Waals surface area contributed by atoms with Gasteiger partial charge >= 0.3 is 12.8 Å². The van der Waals surface area contributed by atoms with Crippen molar-refractivity contribution in [2.24, 2.45) is 0 Å². The van der Waals surface area contributed by atoms with Crippen LogP contribution < -0.4 is 9.64 Å². The Kier molecular flexibility index (Phi) is 6.79. The largest absolute Gasteiger partial charge is 0.433 e. The molecule has 0 fully saturated rings. The third-order valence-corrected chi connectivity index (χ3v) is 5.69. The minimum Gasteiger partial charge on any atom is -0.433 e. The van der Waals surface area contributed by atoms with Crippen molar-refractivity contribution in [2.45, 2.75) is 25.8 Å². The number of anilines is 1. The predicted molar refractivity (Wildman–Crippen MR) is 121 cm³/mol. The lowest BCUT2D eigenvalue weighted by Crippen LogP contribution is -2.25. The summed E-state index contributed by atoms with van der Waals surface area (Å²) in [7, 11) is 1.66. The molecule has 0 spiro atoms. The molecular weight excluding hydrogens is 539 g/mol. The van der Waals surface area contributed by atoms with Crippen LogP contribution in [0.15, 0.2) is 53.7 Å². The fourth-order valence-electron chi connectivity index (χ4n) is 3.53. The summed E-state index contributed by atoms with van der Waals surface area (Å²) in [6.45, 7) is -1.21. The maximum atomic E-state index is 13.6. The summed E-state index contributed by atoms with van der Waals surface area (Å²) < 4.78 is 70.3. The topological polar surface area (TPSA) is 76.9 Å². The Balaban J connectivity index is 1.75. The van der Waals surface area contributed by atoms with Gasteiger partial charge in [0.05, 0.1) is 34.7 Å². The first kappa shape index (κ1) is 24.6. The third kappa shape index (κ3) is 5.14. The number of alkyl halides is 5. The number of pyridine rings is 1. The molecule has 0 aliphatic carbocycles.